The maximum Gasteiger partial charge on any atom is 0.262 e. The summed E-state index contributed by atoms with van der Waals surface area (Å²) in [6, 6.07) is 5.73. The molecule has 3 aromatic heterocycles. The van der Waals surface area contributed by atoms with Crippen molar-refractivity contribution >= 4 is 44.7 Å². The number of benzene rings is 1. The van der Waals surface area contributed by atoms with E-state index >= 15 is 0 Å². The summed E-state index contributed by atoms with van der Waals surface area (Å²) in [5.74, 6) is 2.12. The molecule has 1 aromatic carbocycles. The number of ether oxygens (including phenoxy) is 2. The first-order chi connectivity index (χ1) is 15.6. The second-order valence-electron chi connectivity index (χ2n) is 7.65. The smallest absolute Gasteiger partial charge is 0.262 e. The number of thioether (sulfide) groups is 1. The van der Waals surface area contributed by atoms with Crippen molar-refractivity contribution in [3.05, 3.63) is 50.1 Å². The Balaban J connectivity index is 1.40. The lowest BCUT2D eigenvalue weighted by Crippen LogP contribution is -2.20. The Morgan fingerprint density at radius 1 is 1.16 bits per heavy atom. The summed E-state index contributed by atoms with van der Waals surface area (Å²) < 4.78 is 12.5. The van der Waals surface area contributed by atoms with E-state index in [2.05, 4.69) is 0 Å². The van der Waals surface area contributed by atoms with Crippen LogP contribution in [-0.4, -0.2) is 28.8 Å². The highest BCUT2D eigenvalue weighted by Crippen LogP contribution is 2.37. The molecule has 1 aliphatic carbocycles. The summed E-state index contributed by atoms with van der Waals surface area (Å²) in [7, 11) is 5.10. The van der Waals surface area contributed by atoms with E-state index in [1.165, 1.54) is 16.9 Å². The predicted molar refractivity (Wildman–Crippen MR) is 132 cm³/mol. The van der Waals surface area contributed by atoms with Gasteiger partial charge in [0.2, 0.25) is 0 Å². The lowest BCUT2D eigenvalue weighted by molar-refractivity contribution is 0.395. The number of thiophene rings is 1. The van der Waals surface area contributed by atoms with Crippen molar-refractivity contribution < 1.29 is 9.47 Å². The van der Waals surface area contributed by atoms with Gasteiger partial charge in [0.1, 0.15) is 21.3 Å². The highest BCUT2D eigenvalue weighted by molar-refractivity contribution is 7.98. The van der Waals surface area contributed by atoms with Gasteiger partial charge in [0, 0.05) is 29.1 Å². The van der Waals surface area contributed by atoms with E-state index in [0.717, 1.165) is 62.4 Å². The van der Waals surface area contributed by atoms with Crippen LogP contribution in [0.15, 0.2) is 33.5 Å². The Hall–Kier alpha value is -2.36. The molecule has 4 aromatic rings. The van der Waals surface area contributed by atoms with Gasteiger partial charge in [-0.25, -0.2) is 9.97 Å². The van der Waals surface area contributed by atoms with E-state index in [1.807, 2.05) is 30.6 Å². The molecular weight excluding hydrogens is 462 g/mol. The molecule has 0 N–H and O–H groups in total. The zero-order chi connectivity index (χ0) is 22.2. The molecule has 9 heteroatoms. The van der Waals surface area contributed by atoms with E-state index in [4.69, 9.17) is 19.4 Å². The largest absolute Gasteiger partial charge is 0.497 e. The minimum atomic E-state index is 0.0684. The van der Waals surface area contributed by atoms with E-state index in [-0.39, 0.29) is 5.56 Å². The molecular formula is C23H23N3O3S3. The first-order valence-corrected chi connectivity index (χ1v) is 13.1. The normalized spacial score (nSPS) is 13.3. The molecule has 3 heterocycles. The molecule has 0 radical (unpaired) electrons. The topological polar surface area (TPSA) is 66.2 Å². The third kappa shape index (κ3) is 3.82. The molecule has 0 amide bonds. The zero-order valence-electron chi connectivity index (χ0n) is 18.1. The molecule has 5 rings (SSSR count). The molecule has 0 atom stereocenters. The van der Waals surface area contributed by atoms with Crippen molar-refractivity contribution in [3.8, 4) is 22.1 Å². The molecule has 0 bridgehead atoms. The van der Waals surface area contributed by atoms with Crippen LogP contribution in [-0.2, 0) is 25.6 Å². The average Bonchev–Trinajstić information content (AvgIpc) is 3.44. The minimum Gasteiger partial charge on any atom is -0.497 e. The molecule has 0 saturated carbocycles. The van der Waals surface area contributed by atoms with Gasteiger partial charge < -0.3 is 9.47 Å². The van der Waals surface area contributed by atoms with Crippen molar-refractivity contribution in [2.75, 3.05) is 14.2 Å². The number of fused-ring (bicyclic) bond motifs is 3. The second-order valence-corrected chi connectivity index (χ2v) is 10.5. The van der Waals surface area contributed by atoms with Crippen molar-refractivity contribution in [1.82, 2.24) is 14.5 Å². The summed E-state index contributed by atoms with van der Waals surface area (Å²) in [6.07, 6.45) is 4.42. The van der Waals surface area contributed by atoms with E-state index in [9.17, 15) is 4.79 Å². The van der Waals surface area contributed by atoms with Crippen molar-refractivity contribution in [3.63, 3.8) is 0 Å². The number of hydrogen-bond donors (Lipinski definition) is 0. The highest BCUT2D eigenvalue weighted by Gasteiger charge is 2.21. The molecule has 6 nitrogen and oxygen atoms in total. The number of hydrogen-bond acceptors (Lipinski definition) is 8. The summed E-state index contributed by atoms with van der Waals surface area (Å²) in [4.78, 5) is 25.0. The van der Waals surface area contributed by atoms with Gasteiger partial charge in [-0.2, -0.15) is 0 Å². The Labute approximate surface area is 198 Å². The van der Waals surface area contributed by atoms with Crippen LogP contribution in [0.1, 0.15) is 29.0 Å². The summed E-state index contributed by atoms with van der Waals surface area (Å²) in [5.41, 5.74) is 3.19. The maximum absolute atomic E-state index is 13.1. The van der Waals surface area contributed by atoms with Gasteiger partial charge >= 0.3 is 0 Å². The molecule has 0 fully saturated rings. The standard InChI is InChI=1S/C23H23N3O3S3/c1-26-22(27)19-16-6-4-5-7-18(16)32-21(19)25-23(26)31-12-13-11-30-20(24-13)15-9-8-14(28-2)10-17(15)29-3/h8-11H,4-7,12H2,1-3H3. The quantitative estimate of drug-likeness (QED) is 0.272. The monoisotopic (exact) mass is 485 g/mol. The molecule has 0 saturated heterocycles. The molecule has 0 spiro atoms. The van der Waals surface area contributed by atoms with Gasteiger partial charge in [-0.3, -0.25) is 9.36 Å². The first kappa shape index (κ1) is 21.5. The fourth-order valence-electron chi connectivity index (χ4n) is 4.01. The Morgan fingerprint density at radius 3 is 2.81 bits per heavy atom. The number of methoxy groups -OCH3 is 2. The van der Waals surface area contributed by atoms with Crippen LogP contribution in [0.3, 0.4) is 0 Å². The van der Waals surface area contributed by atoms with E-state index in [1.54, 1.807) is 53.2 Å². The van der Waals surface area contributed by atoms with Gasteiger partial charge in [0.05, 0.1) is 30.9 Å². The SMILES string of the molecule is COc1ccc(-c2nc(CSc3nc4sc5c(c4c(=O)n3C)CCCC5)cs2)c(OC)c1. The van der Waals surface area contributed by atoms with Crippen LogP contribution in [0.5, 0.6) is 11.5 Å². The van der Waals surface area contributed by atoms with Gasteiger partial charge in [0.15, 0.2) is 5.16 Å². The average molecular weight is 486 g/mol. The Morgan fingerprint density at radius 2 is 2.00 bits per heavy atom. The number of nitrogens with zero attached hydrogens (tertiary/aromatic N) is 3. The van der Waals surface area contributed by atoms with Crippen LogP contribution in [0.2, 0.25) is 0 Å². The van der Waals surface area contributed by atoms with Crippen LogP contribution in [0, 0.1) is 0 Å². The fourth-order valence-corrected chi connectivity index (χ4v) is 7.13. The third-order valence-corrected chi connectivity index (χ3v) is 8.87. The van der Waals surface area contributed by atoms with E-state index < -0.39 is 0 Å². The molecule has 1 aliphatic rings. The summed E-state index contributed by atoms with van der Waals surface area (Å²) in [5, 5.41) is 4.51. The van der Waals surface area contributed by atoms with Gasteiger partial charge in [-0.05, 0) is 43.4 Å². The fraction of sp³-hybridized carbons (Fsp3) is 0.348. The third-order valence-electron chi connectivity index (χ3n) is 5.70. The number of aromatic nitrogens is 3. The predicted octanol–water partition coefficient (Wildman–Crippen LogP) is 5.31. The van der Waals surface area contributed by atoms with Gasteiger partial charge in [-0.15, -0.1) is 22.7 Å². The summed E-state index contributed by atoms with van der Waals surface area (Å²) in [6.45, 7) is 0. The van der Waals surface area contributed by atoms with Crippen LogP contribution >= 0.6 is 34.4 Å². The van der Waals surface area contributed by atoms with Crippen molar-refractivity contribution in [1.29, 1.82) is 0 Å². The second kappa shape index (κ2) is 8.88. The lowest BCUT2D eigenvalue weighted by atomic mass is 9.97. The van der Waals surface area contributed by atoms with Crippen LogP contribution in [0.25, 0.3) is 20.8 Å². The first-order valence-electron chi connectivity index (χ1n) is 10.4. The summed E-state index contributed by atoms with van der Waals surface area (Å²) >= 11 is 4.82. The van der Waals surface area contributed by atoms with Crippen LogP contribution < -0.4 is 15.0 Å². The maximum atomic E-state index is 13.1. The van der Waals surface area contributed by atoms with Crippen LogP contribution in [0.4, 0.5) is 0 Å². The van der Waals surface area contributed by atoms with Gasteiger partial charge in [0.25, 0.3) is 5.56 Å². The highest BCUT2D eigenvalue weighted by atomic mass is 32.2. The minimum absolute atomic E-state index is 0.0684. The Bertz CT molecular complexity index is 1360. The number of aryl methyl sites for hydroxylation is 2. The Kier molecular flexibility index (Phi) is 5.96. The molecule has 32 heavy (non-hydrogen) atoms. The molecule has 0 unspecified atom stereocenters. The van der Waals surface area contributed by atoms with Crippen molar-refractivity contribution in [2.24, 2.45) is 7.05 Å². The number of thiazole rings is 1. The van der Waals surface area contributed by atoms with Crippen molar-refractivity contribution in [2.45, 2.75) is 36.6 Å². The molecule has 166 valence electrons. The zero-order valence-corrected chi connectivity index (χ0v) is 20.6. The lowest BCUT2D eigenvalue weighted by Gasteiger charge is -2.10. The molecule has 0 aliphatic heterocycles. The van der Waals surface area contributed by atoms with Gasteiger partial charge in [-0.1, -0.05) is 11.8 Å². The van der Waals surface area contributed by atoms with E-state index in [0.29, 0.717) is 5.75 Å². The number of rotatable bonds is 6.